The standard InChI is InChI=1S/C11H19NO.C10H10N2OS/c1-3-9-5-6-10(7-9)11(4-2)12-8-13;1-7-6-14-10(11-7)12-8-2-4-9(13)5-3-8/h4,8-11H,2-3,5-7H2,1H3,(H,12,13);2-6,13H,1H3,(H,11,12). The highest BCUT2D eigenvalue weighted by Gasteiger charge is 2.27. The van der Waals surface area contributed by atoms with E-state index in [0.29, 0.717) is 5.92 Å². The van der Waals surface area contributed by atoms with Crippen LogP contribution in [-0.2, 0) is 4.79 Å². The number of aryl methyl sites for hydroxylation is 1. The fraction of sp³-hybridized carbons (Fsp3) is 0.429. The lowest BCUT2D eigenvalue weighted by Gasteiger charge is -2.19. The molecule has 1 aliphatic carbocycles. The Kier molecular flexibility index (Phi) is 8.33. The average molecular weight is 388 g/mol. The summed E-state index contributed by atoms with van der Waals surface area (Å²) in [6, 6.07) is 7.10. The van der Waals surface area contributed by atoms with E-state index < -0.39 is 0 Å². The molecule has 3 atom stereocenters. The van der Waals surface area contributed by atoms with Gasteiger partial charge >= 0.3 is 0 Å². The van der Waals surface area contributed by atoms with Gasteiger partial charge < -0.3 is 15.7 Å². The fourth-order valence-electron chi connectivity index (χ4n) is 3.37. The van der Waals surface area contributed by atoms with Crippen molar-refractivity contribution in [1.82, 2.24) is 10.3 Å². The first-order valence-corrected chi connectivity index (χ1v) is 10.2. The maximum atomic E-state index is 10.3. The molecule has 3 N–H and O–H groups in total. The second kappa shape index (κ2) is 10.7. The maximum absolute atomic E-state index is 10.3. The number of rotatable bonds is 7. The number of phenols is 1. The number of aromatic hydroxyl groups is 1. The minimum atomic E-state index is 0.189. The molecule has 0 radical (unpaired) electrons. The van der Waals surface area contributed by atoms with Gasteiger partial charge in [-0.15, -0.1) is 17.9 Å². The van der Waals surface area contributed by atoms with E-state index in [2.05, 4.69) is 29.1 Å². The van der Waals surface area contributed by atoms with Crippen LogP contribution >= 0.6 is 11.3 Å². The van der Waals surface area contributed by atoms with Crippen LogP contribution in [0, 0.1) is 18.8 Å². The number of carbonyl (C=O) groups is 1. The minimum absolute atomic E-state index is 0.189. The third-order valence-electron chi connectivity index (χ3n) is 4.92. The molecule has 2 aromatic rings. The van der Waals surface area contributed by atoms with Gasteiger partial charge in [0.2, 0.25) is 6.41 Å². The van der Waals surface area contributed by atoms with E-state index in [9.17, 15) is 4.79 Å². The van der Waals surface area contributed by atoms with Gasteiger partial charge in [-0.3, -0.25) is 4.79 Å². The molecule has 5 nitrogen and oxygen atoms in total. The van der Waals surface area contributed by atoms with Crippen molar-refractivity contribution in [3.8, 4) is 5.75 Å². The summed E-state index contributed by atoms with van der Waals surface area (Å²) in [5.74, 6) is 1.75. The van der Waals surface area contributed by atoms with Gasteiger partial charge in [0.25, 0.3) is 0 Å². The van der Waals surface area contributed by atoms with Crippen molar-refractivity contribution in [2.45, 2.75) is 45.6 Å². The van der Waals surface area contributed by atoms with Gasteiger partial charge in [-0.25, -0.2) is 4.98 Å². The van der Waals surface area contributed by atoms with Crippen LogP contribution in [0.2, 0.25) is 0 Å². The lowest BCUT2D eigenvalue weighted by Crippen LogP contribution is -2.32. The van der Waals surface area contributed by atoms with Gasteiger partial charge in [0.05, 0.1) is 5.69 Å². The minimum Gasteiger partial charge on any atom is -0.508 e. The molecule has 3 unspecified atom stereocenters. The van der Waals surface area contributed by atoms with Crippen molar-refractivity contribution in [2.24, 2.45) is 11.8 Å². The topological polar surface area (TPSA) is 74.2 Å². The molecule has 1 saturated carbocycles. The predicted octanol–water partition coefficient (Wildman–Crippen LogP) is 5.01. The van der Waals surface area contributed by atoms with Gasteiger partial charge in [-0.1, -0.05) is 25.8 Å². The summed E-state index contributed by atoms with van der Waals surface area (Å²) < 4.78 is 0. The SMILES string of the molecule is C=CC(NC=O)C1CCC(CC)C1.Cc1csc(Nc2ccc(O)cc2)n1. The Hall–Kier alpha value is -2.34. The number of anilines is 2. The number of aromatic nitrogens is 1. The molecule has 1 aromatic carbocycles. The van der Waals surface area contributed by atoms with Crippen LogP contribution in [0.1, 0.15) is 38.3 Å². The number of hydrogen-bond donors (Lipinski definition) is 3. The highest BCUT2D eigenvalue weighted by atomic mass is 32.1. The quantitative estimate of drug-likeness (QED) is 0.354. The van der Waals surface area contributed by atoms with Crippen LogP contribution < -0.4 is 10.6 Å². The van der Waals surface area contributed by atoms with E-state index >= 15 is 0 Å². The molecule has 0 spiro atoms. The number of thiazole rings is 1. The monoisotopic (exact) mass is 387 g/mol. The normalized spacial score (nSPS) is 19.5. The highest BCUT2D eigenvalue weighted by Crippen LogP contribution is 2.35. The average Bonchev–Trinajstić information content (AvgIpc) is 3.31. The first-order chi connectivity index (χ1) is 13.0. The first kappa shape index (κ1) is 21.0. The predicted molar refractivity (Wildman–Crippen MR) is 113 cm³/mol. The van der Waals surface area contributed by atoms with E-state index in [1.165, 1.54) is 25.7 Å². The van der Waals surface area contributed by atoms with E-state index in [-0.39, 0.29) is 11.8 Å². The zero-order valence-corrected chi connectivity index (χ0v) is 16.8. The zero-order chi connectivity index (χ0) is 19.6. The van der Waals surface area contributed by atoms with Crippen LogP contribution in [0.5, 0.6) is 5.75 Å². The number of nitrogens with one attached hydrogen (secondary N) is 2. The van der Waals surface area contributed by atoms with Crippen LogP contribution in [0.15, 0.2) is 42.3 Å². The van der Waals surface area contributed by atoms with Crippen LogP contribution in [0.25, 0.3) is 0 Å². The van der Waals surface area contributed by atoms with E-state index in [4.69, 9.17) is 5.11 Å². The fourth-order valence-corrected chi connectivity index (χ4v) is 4.07. The van der Waals surface area contributed by atoms with Crippen molar-refractivity contribution in [3.63, 3.8) is 0 Å². The Morgan fingerprint density at radius 1 is 1.37 bits per heavy atom. The number of benzene rings is 1. The van der Waals surface area contributed by atoms with Crippen molar-refractivity contribution < 1.29 is 9.90 Å². The molecule has 0 aliphatic heterocycles. The second-order valence-corrected chi connectivity index (χ2v) is 7.72. The highest BCUT2D eigenvalue weighted by molar-refractivity contribution is 7.13. The summed E-state index contributed by atoms with van der Waals surface area (Å²) in [6.07, 6.45) is 7.69. The Labute approximate surface area is 165 Å². The van der Waals surface area contributed by atoms with Gasteiger partial charge in [0, 0.05) is 17.1 Å². The van der Waals surface area contributed by atoms with Crippen molar-refractivity contribution in [1.29, 1.82) is 0 Å². The molecule has 1 heterocycles. The maximum Gasteiger partial charge on any atom is 0.207 e. The Morgan fingerprint density at radius 3 is 2.63 bits per heavy atom. The van der Waals surface area contributed by atoms with E-state index in [1.54, 1.807) is 23.5 Å². The number of carbonyl (C=O) groups excluding carboxylic acids is 1. The Balaban J connectivity index is 0.000000194. The summed E-state index contributed by atoms with van der Waals surface area (Å²) in [4.78, 5) is 14.6. The van der Waals surface area contributed by atoms with Crippen molar-refractivity contribution in [2.75, 3.05) is 5.32 Å². The van der Waals surface area contributed by atoms with Crippen LogP contribution in [0.4, 0.5) is 10.8 Å². The third-order valence-corrected chi connectivity index (χ3v) is 5.79. The smallest absolute Gasteiger partial charge is 0.207 e. The first-order valence-electron chi connectivity index (χ1n) is 9.36. The molecule has 1 aromatic heterocycles. The summed E-state index contributed by atoms with van der Waals surface area (Å²) in [7, 11) is 0. The lowest BCUT2D eigenvalue weighted by molar-refractivity contribution is -0.110. The van der Waals surface area contributed by atoms with Gasteiger partial charge in [-0.2, -0.15) is 0 Å². The molecule has 1 amide bonds. The van der Waals surface area contributed by atoms with Crippen molar-refractivity contribution >= 4 is 28.6 Å². The molecular formula is C21H29N3O2S. The molecule has 6 heteroatoms. The lowest BCUT2D eigenvalue weighted by atomic mass is 9.96. The summed E-state index contributed by atoms with van der Waals surface area (Å²) in [6.45, 7) is 7.95. The molecule has 0 saturated heterocycles. The molecular weight excluding hydrogens is 358 g/mol. The molecule has 27 heavy (non-hydrogen) atoms. The zero-order valence-electron chi connectivity index (χ0n) is 16.0. The third kappa shape index (κ3) is 6.71. The molecule has 0 bridgehead atoms. The second-order valence-electron chi connectivity index (χ2n) is 6.86. The van der Waals surface area contributed by atoms with Crippen molar-refractivity contribution in [3.05, 3.63) is 48.0 Å². The molecule has 1 aliphatic rings. The largest absolute Gasteiger partial charge is 0.508 e. The number of amides is 1. The summed E-state index contributed by atoms with van der Waals surface area (Å²) >= 11 is 1.56. The van der Waals surface area contributed by atoms with Crippen LogP contribution in [-0.4, -0.2) is 22.5 Å². The Bertz CT molecular complexity index is 714. The number of phenolic OH excluding ortho intramolecular Hbond substituents is 1. The Morgan fingerprint density at radius 2 is 2.11 bits per heavy atom. The van der Waals surface area contributed by atoms with Crippen LogP contribution in [0.3, 0.4) is 0 Å². The molecule has 3 rings (SSSR count). The summed E-state index contributed by atoms with van der Waals surface area (Å²) in [5.41, 5.74) is 1.94. The molecule has 1 fully saturated rings. The number of nitrogens with zero attached hydrogens (tertiary/aromatic N) is 1. The molecule has 146 valence electrons. The van der Waals surface area contributed by atoms with Gasteiger partial charge in [0.1, 0.15) is 5.75 Å². The van der Waals surface area contributed by atoms with Gasteiger partial charge in [0.15, 0.2) is 5.13 Å². The van der Waals surface area contributed by atoms with E-state index in [0.717, 1.165) is 28.8 Å². The summed E-state index contributed by atoms with van der Waals surface area (Å²) in [5, 5.41) is 17.9. The van der Waals surface area contributed by atoms with E-state index in [1.807, 2.05) is 30.5 Å². The van der Waals surface area contributed by atoms with Gasteiger partial charge in [-0.05, 0) is 55.9 Å². The number of hydrogen-bond acceptors (Lipinski definition) is 5.